The van der Waals surface area contributed by atoms with Crippen LogP contribution in [0.5, 0.6) is 0 Å². The smallest absolute Gasteiger partial charge is 0.404 e. The summed E-state index contributed by atoms with van der Waals surface area (Å²) in [5.74, 6) is -2.74. The summed E-state index contributed by atoms with van der Waals surface area (Å²) in [6, 6.07) is 2.03. The molecule has 1 saturated heterocycles. The number of carbonyl (C=O) groups excluding carboxylic acids is 5. The van der Waals surface area contributed by atoms with E-state index in [2.05, 4.69) is 20.0 Å². The largest absolute Gasteiger partial charge is 0.462 e. The summed E-state index contributed by atoms with van der Waals surface area (Å²) in [6.45, 7) is 0.0846. The lowest BCUT2D eigenvalue weighted by atomic mass is 10.0. The second-order valence-corrected chi connectivity index (χ2v) is 7.81. The summed E-state index contributed by atoms with van der Waals surface area (Å²) in [4.78, 5) is 66.1. The van der Waals surface area contributed by atoms with Gasteiger partial charge in [-0.05, 0) is 12.1 Å². The highest BCUT2D eigenvalue weighted by Gasteiger charge is 2.55. The van der Waals surface area contributed by atoms with Gasteiger partial charge in [-0.3, -0.25) is 19.3 Å². The zero-order valence-corrected chi connectivity index (χ0v) is 18.8. The minimum atomic E-state index is -1.07. The number of nitrogens with two attached hydrogens (primary N) is 1. The molecule has 3 heterocycles. The monoisotopic (exact) mass is 496 g/mol. The van der Waals surface area contributed by atoms with Gasteiger partial charge in [0.05, 0.1) is 6.26 Å². The van der Waals surface area contributed by atoms with Crippen molar-refractivity contribution >= 4 is 47.3 Å². The number of nitrogens with one attached hydrogen (secondary N) is 1. The van der Waals surface area contributed by atoms with Crippen LogP contribution < -0.4 is 11.1 Å². The SMILES string of the molecule is CO/N=C(/C(=O)N[C@@H]1C(=O)N2C(C(=O)OCOC(C)=O)=C(COC(N)=O)CS[C@H]12)c1ccco1. The van der Waals surface area contributed by atoms with Crippen molar-refractivity contribution in [3.05, 3.63) is 35.4 Å². The van der Waals surface area contributed by atoms with Crippen molar-refractivity contribution in [3.63, 3.8) is 0 Å². The quantitative estimate of drug-likeness (QED) is 0.147. The van der Waals surface area contributed by atoms with E-state index in [-0.39, 0.29) is 35.1 Å². The molecule has 1 fully saturated rings. The van der Waals surface area contributed by atoms with Gasteiger partial charge in [0.25, 0.3) is 11.8 Å². The number of nitrogens with zero attached hydrogens (tertiary/aromatic N) is 2. The first kappa shape index (κ1) is 24.6. The first-order chi connectivity index (χ1) is 16.2. The van der Waals surface area contributed by atoms with Crippen molar-refractivity contribution in [3.8, 4) is 0 Å². The Hall–Kier alpha value is -4.01. The summed E-state index contributed by atoms with van der Waals surface area (Å²) in [6.07, 6.45) is 0.269. The van der Waals surface area contributed by atoms with E-state index in [1.54, 1.807) is 6.07 Å². The topological polar surface area (TPSA) is 189 Å². The van der Waals surface area contributed by atoms with Gasteiger partial charge in [-0.15, -0.1) is 11.8 Å². The maximum absolute atomic E-state index is 12.9. The Balaban J connectivity index is 1.78. The number of fused-ring (bicyclic) bond motifs is 1. The Morgan fingerprint density at radius 1 is 1.29 bits per heavy atom. The van der Waals surface area contributed by atoms with Gasteiger partial charge in [-0.2, -0.15) is 0 Å². The lowest BCUT2D eigenvalue weighted by molar-refractivity contribution is -0.166. The molecule has 0 aliphatic carbocycles. The molecule has 0 aromatic carbocycles. The van der Waals surface area contributed by atoms with Gasteiger partial charge in [0.15, 0.2) is 5.76 Å². The number of β-lactam (4-membered cyclic amide) rings is 1. The summed E-state index contributed by atoms with van der Waals surface area (Å²) < 4.78 is 19.4. The Kier molecular flexibility index (Phi) is 7.78. The minimum absolute atomic E-state index is 0.125. The number of rotatable bonds is 9. The summed E-state index contributed by atoms with van der Waals surface area (Å²) in [5, 5.41) is 5.52. The van der Waals surface area contributed by atoms with Crippen molar-refractivity contribution in [1.82, 2.24) is 10.2 Å². The molecule has 1 aromatic heterocycles. The second-order valence-electron chi connectivity index (χ2n) is 6.71. The van der Waals surface area contributed by atoms with Crippen molar-refractivity contribution in [2.75, 3.05) is 26.3 Å². The maximum atomic E-state index is 12.9. The van der Waals surface area contributed by atoms with E-state index in [1.165, 1.54) is 31.2 Å². The number of hydrogen-bond acceptors (Lipinski definition) is 12. The van der Waals surface area contributed by atoms with Crippen LogP contribution in [0.2, 0.25) is 0 Å². The minimum Gasteiger partial charge on any atom is -0.462 e. The molecule has 2 aliphatic heterocycles. The van der Waals surface area contributed by atoms with Gasteiger partial charge in [-0.1, -0.05) is 5.16 Å². The summed E-state index contributed by atoms with van der Waals surface area (Å²) >= 11 is 1.21. The molecule has 0 radical (unpaired) electrons. The highest BCUT2D eigenvalue weighted by molar-refractivity contribution is 8.00. The molecular weight excluding hydrogens is 476 g/mol. The van der Waals surface area contributed by atoms with Gasteiger partial charge < -0.3 is 34.5 Å². The third-order valence-corrected chi connectivity index (χ3v) is 5.86. The van der Waals surface area contributed by atoms with Gasteiger partial charge in [0, 0.05) is 18.2 Å². The molecule has 3 rings (SSSR count). The summed E-state index contributed by atoms with van der Waals surface area (Å²) in [5.41, 5.74) is 4.87. The normalized spacial score (nSPS) is 19.5. The summed E-state index contributed by atoms with van der Waals surface area (Å²) in [7, 11) is 1.25. The first-order valence-corrected chi connectivity index (χ1v) is 10.6. The fraction of sp³-hybridized carbons (Fsp3) is 0.368. The molecule has 3 amide bonds. The number of primary amides is 1. The predicted molar refractivity (Wildman–Crippen MR) is 113 cm³/mol. The van der Waals surface area contributed by atoms with Gasteiger partial charge in [-0.25, -0.2) is 9.59 Å². The molecule has 2 aliphatic rings. The van der Waals surface area contributed by atoms with Crippen LogP contribution in [0.25, 0.3) is 0 Å². The fourth-order valence-electron chi connectivity index (χ4n) is 3.09. The van der Waals surface area contributed by atoms with E-state index in [1.807, 2.05) is 0 Å². The van der Waals surface area contributed by atoms with Crippen molar-refractivity contribution < 1.29 is 47.4 Å². The second kappa shape index (κ2) is 10.7. The van der Waals surface area contributed by atoms with E-state index in [4.69, 9.17) is 19.6 Å². The van der Waals surface area contributed by atoms with Gasteiger partial charge >= 0.3 is 18.0 Å². The zero-order valence-electron chi connectivity index (χ0n) is 18.0. The van der Waals surface area contributed by atoms with Crippen LogP contribution in [0.3, 0.4) is 0 Å². The predicted octanol–water partition coefficient (Wildman–Crippen LogP) is -0.557. The number of esters is 2. The van der Waals surface area contributed by atoms with Crippen LogP contribution in [-0.4, -0.2) is 78.1 Å². The number of amides is 3. The van der Waals surface area contributed by atoms with Crippen molar-refractivity contribution in [2.45, 2.75) is 18.3 Å². The lowest BCUT2D eigenvalue weighted by Gasteiger charge is -2.49. The number of ether oxygens (including phenoxy) is 3. The van der Waals surface area contributed by atoms with Crippen LogP contribution >= 0.6 is 11.8 Å². The Morgan fingerprint density at radius 3 is 2.68 bits per heavy atom. The van der Waals surface area contributed by atoms with Gasteiger partial charge in [0.1, 0.15) is 30.8 Å². The molecule has 0 saturated carbocycles. The van der Waals surface area contributed by atoms with Gasteiger partial charge in [0.2, 0.25) is 12.5 Å². The van der Waals surface area contributed by atoms with Crippen LogP contribution in [-0.2, 0) is 38.2 Å². The average Bonchev–Trinajstić information content (AvgIpc) is 3.32. The van der Waals surface area contributed by atoms with E-state index < -0.39 is 48.1 Å². The Bertz CT molecular complexity index is 1050. The first-order valence-electron chi connectivity index (χ1n) is 9.59. The van der Waals surface area contributed by atoms with Crippen LogP contribution in [0.4, 0.5) is 4.79 Å². The molecule has 34 heavy (non-hydrogen) atoms. The van der Waals surface area contributed by atoms with E-state index in [9.17, 15) is 24.0 Å². The molecule has 182 valence electrons. The molecule has 0 bridgehead atoms. The number of thioether (sulfide) groups is 1. The zero-order chi connectivity index (χ0) is 24.8. The fourth-order valence-corrected chi connectivity index (χ4v) is 4.42. The van der Waals surface area contributed by atoms with Crippen LogP contribution in [0, 0.1) is 0 Å². The lowest BCUT2D eigenvalue weighted by Crippen LogP contribution is -2.71. The van der Waals surface area contributed by atoms with Crippen molar-refractivity contribution in [1.29, 1.82) is 0 Å². The van der Waals surface area contributed by atoms with Crippen LogP contribution in [0.1, 0.15) is 12.7 Å². The molecule has 3 N–H and O–H groups in total. The Labute approximate surface area is 196 Å². The number of furan rings is 1. The number of hydrogen-bond donors (Lipinski definition) is 2. The highest BCUT2D eigenvalue weighted by Crippen LogP contribution is 2.40. The van der Waals surface area contributed by atoms with E-state index in [0.29, 0.717) is 0 Å². The molecular formula is C19H20N4O10S. The van der Waals surface area contributed by atoms with E-state index in [0.717, 1.165) is 11.8 Å². The third-order valence-electron chi connectivity index (χ3n) is 4.52. The number of carbonyl (C=O) groups is 5. The molecule has 0 spiro atoms. The standard InChI is InChI=1S/C19H20N4O10S/c1-9(24)32-8-33-18(27)14-10(6-31-19(20)28)7-34-17-13(16(26)23(14)17)21-15(25)12(22-29-2)11-4-3-5-30-11/h3-5,13,17H,6-8H2,1-2H3,(H2,20,28)(H,21,25)/b22-12+/t13-,17-/m1/s1. The molecule has 15 heteroatoms. The molecule has 2 atom stereocenters. The third kappa shape index (κ3) is 5.31. The molecule has 14 nitrogen and oxygen atoms in total. The highest BCUT2D eigenvalue weighted by atomic mass is 32.2. The van der Waals surface area contributed by atoms with Crippen LogP contribution in [0.15, 0.2) is 39.2 Å². The number of oxime groups is 1. The van der Waals surface area contributed by atoms with Crippen molar-refractivity contribution in [2.24, 2.45) is 10.9 Å². The maximum Gasteiger partial charge on any atom is 0.404 e. The van der Waals surface area contributed by atoms with E-state index >= 15 is 0 Å². The Morgan fingerprint density at radius 2 is 2.06 bits per heavy atom. The molecule has 0 unspecified atom stereocenters. The molecule has 1 aromatic rings. The average molecular weight is 496 g/mol.